The Morgan fingerprint density at radius 1 is 0.973 bits per heavy atom. The fraction of sp³-hybridized carbons (Fsp3) is 0.600. The zero-order valence-electron chi connectivity index (χ0n) is 24.2. The molecule has 0 radical (unpaired) electrons. The molecule has 1 heterocycles. The van der Waals surface area contributed by atoms with Gasteiger partial charge in [-0.25, -0.2) is 0 Å². The number of hydrogen-bond acceptors (Lipinski definition) is 5. The van der Waals surface area contributed by atoms with Gasteiger partial charge < -0.3 is 23.7 Å². The molecule has 1 aromatic carbocycles. The average Bonchev–Trinajstić information content (AvgIpc) is 3.30. The largest absolute Gasteiger partial charge is 0.493 e. The number of nitrogens with zero attached hydrogens (tertiary/aromatic N) is 2. The van der Waals surface area contributed by atoms with Gasteiger partial charge in [-0.05, 0) is 74.8 Å². The first-order valence-electron chi connectivity index (χ1n) is 13.0. The Morgan fingerprint density at radius 2 is 1.65 bits per heavy atom. The first-order chi connectivity index (χ1) is 17.2. The average molecular weight is 515 g/mol. The van der Waals surface area contributed by atoms with Crippen LogP contribution in [0.5, 0.6) is 11.5 Å². The van der Waals surface area contributed by atoms with Gasteiger partial charge in [-0.1, -0.05) is 33.8 Å². The van der Waals surface area contributed by atoms with Crippen molar-refractivity contribution in [2.75, 3.05) is 27.3 Å². The van der Waals surface area contributed by atoms with Gasteiger partial charge in [0.05, 0.1) is 27.0 Å². The fourth-order valence-electron chi connectivity index (χ4n) is 4.64. The van der Waals surface area contributed by atoms with Crippen molar-refractivity contribution >= 4 is 11.8 Å². The lowest BCUT2D eigenvalue weighted by Gasteiger charge is -2.37. The molecule has 2 rings (SSSR count). The van der Waals surface area contributed by atoms with Crippen LogP contribution in [0.15, 0.2) is 41.0 Å². The third kappa shape index (κ3) is 9.78. The van der Waals surface area contributed by atoms with Crippen LogP contribution in [0.2, 0.25) is 0 Å². The highest BCUT2D eigenvalue weighted by Crippen LogP contribution is 2.29. The maximum Gasteiger partial charge on any atom is 0.242 e. The summed E-state index contributed by atoms with van der Waals surface area (Å²) < 4.78 is 16.3. The smallest absolute Gasteiger partial charge is 0.242 e. The van der Waals surface area contributed by atoms with Gasteiger partial charge in [0.15, 0.2) is 11.5 Å². The normalized spacial score (nSPS) is 12.7. The third-order valence-electron chi connectivity index (χ3n) is 6.29. The van der Waals surface area contributed by atoms with E-state index < -0.39 is 5.54 Å². The summed E-state index contributed by atoms with van der Waals surface area (Å²) in [5.74, 6) is 2.15. The van der Waals surface area contributed by atoms with Crippen LogP contribution in [0.3, 0.4) is 0 Å². The monoisotopic (exact) mass is 514 g/mol. The van der Waals surface area contributed by atoms with Crippen LogP contribution >= 0.6 is 0 Å². The molecule has 0 aliphatic heterocycles. The molecule has 0 spiro atoms. The first kappa shape index (κ1) is 30.3. The van der Waals surface area contributed by atoms with Crippen molar-refractivity contribution < 1.29 is 23.5 Å². The summed E-state index contributed by atoms with van der Waals surface area (Å²) in [6, 6.07) is 9.44. The van der Waals surface area contributed by atoms with Gasteiger partial charge in [0.1, 0.15) is 12.3 Å². The summed E-state index contributed by atoms with van der Waals surface area (Å²) in [4.78, 5) is 30.5. The number of ether oxygens (including phenoxy) is 2. The molecule has 0 N–H and O–H groups in total. The molecule has 0 fully saturated rings. The van der Waals surface area contributed by atoms with Crippen molar-refractivity contribution in [1.82, 2.24) is 9.80 Å². The second-order valence-corrected chi connectivity index (χ2v) is 12.1. The van der Waals surface area contributed by atoms with Crippen LogP contribution in [-0.2, 0) is 22.6 Å². The van der Waals surface area contributed by atoms with Crippen LogP contribution in [-0.4, -0.2) is 54.5 Å². The Labute approximate surface area is 223 Å². The Bertz CT molecular complexity index is 1000. The predicted molar refractivity (Wildman–Crippen MR) is 147 cm³/mol. The van der Waals surface area contributed by atoms with Crippen molar-refractivity contribution in [2.24, 2.45) is 11.3 Å². The van der Waals surface area contributed by atoms with E-state index in [1.807, 2.05) is 51.1 Å². The van der Waals surface area contributed by atoms with E-state index >= 15 is 0 Å². The van der Waals surface area contributed by atoms with Gasteiger partial charge in [-0.15, -0.1) is 0 Å². The summed E-state index contributed by atoms with van der Waals surface area (Å²) in [5, 5.41) is 0. The second kappa shape index (κ2) is 13.0. The summed E-state index contributed by atoms with van der Waals surface area (Å²) in [5.41, 5.74) is 0.689. The Hall–Kier alpha value is -2.96. The van der Waals surface area contributed by atoms with Crippen LogP contribution in [0.4, 0.5) is 0 Å². The molecule has 0 aliphatic carbocycles. The fourth-order valence-corrected chi connectivity index (χ4v) is 4.64. The zero-order chi connectivity index (χ0) is 27.8. The summed E-state index contributed by atoms with van der Waals surface area (Å²) in [6.45, 7) is 15.4. The van der Waals surface area contributed by atoms with Crippen molar-refractivity contribution in [1.29, 1.82) is 0 Å². The van der Waals surface area contributed by atoms with Gasteiger partial charge in [-0.2, -0.15) is 0 Å². The molecular weight excluding hydrogens is 468 g/mol. The maximum absolute atomic E-state index is 13.6. The highest BCUT2D eigenvalue weighted by atomic mass is 16.5. The topological polar surface area (TPSA) is 72.2 Å². The maximum atomic E-state index is 13.6. The molecule has 0 bridgehead atoms. The highest BCUT2D eigenvalue weighted by Gasteiger charge is 2.31. The first-order valence-corrected chi connectivity index (χ1v) is 13.0. The molecule has 0 saturated heterocycles. The summed E-state index contributed by atoms with van der Waals surface area (Å²) in [6.07, 6.45) is 3.60. The number of amides is 2. The minimum absolute atomic E-state index is 0.00967. The van der Waals surface area contributed by atoms with Crippen LogP contribution in [0, 0.1) is 11.3 Å². The predicted octanol–water partition coefficient (Wildman–Crippen LogP) is 5.96. The Balaban J connectivity index is 2.19. The van der Waals surface area contributed by atoms with E-state index in [0.717, 1.165) is 12.0 Å². The molecule has 7 nitrogen and oxygen atoms in total. The molecule has 37 heavy (non-hydrogen) atoms. The van der Waals surface area contributed by atoms with E-state index in [1.165, 1.54) is 0 Å². The van der Waals surface area contributed by atoms with E-state index in [4.69, 9.17) is 13.9 Å². The molecule has 2 amide bonds. The minimum atomic E-state index is -0.478. The van der Waals surface area contributed by atoms with Crippen molar-refractivity contribution in [3.8, 4) is 11.5 Å². The summed E-state index contributed by atoms with van der Waals surface area (Å²) >= 11 is 0. The standard InChI is InChI=1S/C30H46N2O5/c1-22(19-29(2,3)4)17-27(33)32(30(5,6)7)21-28(34)31(20-24-11-10-16-37-24)15-14-23-12-13-25(35-8)26(18-23)36-9/h10-13,16,18,22H,14-15,17,19-21H2,1-9H3/t22-/m1/s1. The number of hydrogen-bond donors (Lipinski definition) is 0. The van der Waals surface area contributed by atoms with E-state index in [2.05, 4.69) is 27.7 Å². The molecule has 7 heteroatoms. The second-order valence-electron chi connectivity index (χ2n) is 12.1. The quantitative estimate of drug-likeness (QED) is 0.350. The van der Waals surface area contributed by atoms with Crippen molar-refractivity contribution in [2.45, 2.75) is 79.8 Å². The number of furan rings is 1. The SMILES string of the molecule is COc1ccc(CCN(Cc2ccco2)C(=O)CN(C(=O)C[C@@H](C)CC(C)(C)C)C(C)(C)C)cc1OC. The van der Waals surface area contributed by atoms with Crippen LogP contribution in [0.25, 0.3) is 0 Å². The van der Waals surface area contributed by atoms with Gasteiger partial charge in [-0.3, -0.25) is 9.59 Å². The van der Waals surface area contributed by atoms with E-state index in [1.54, 1.807) is 30.3 Å². The third-order valence-corrected chi connectivity index (χ3v) is 6.29. The Kier molecular flexibility index (Phi) is 10.6. The van der Waals surface area contributed by atoms with E-state index in [9.17, 15) is 9.59 Å². The van der Waals surface area contributed by atoms with Gasteiger partial charge in [0, 0.05) is 18.5 Å². The van der Waals surface area contributed by atoms with E-state index in [-0.39, 0.29) is 29.7 Å². The molecule has 0 aliphatic rings. The minimum Gasteiger partial charge on any atom is -0.493 e. The lowest BCUT2D eigenvalue weighted by atomic mass is 9.84. The van der Waals surface area contributed by atoms with Gasteiger partial charge >= 0.3 is 0 Å². The van der Waals surface area contributed by atoms with Crippen LogP contribution in [0.1, 0.15) is 72.6 Å². The highest BCUT2D eigenvalue weighted by molar-refractivity contribution is 5.85. The van der Waals surface area contributed by atoms with Gasteiger partial charge in [0.25, 0.3) is 0 Å². The van der Waals surface area contributed by atoms with Gasteiger partial charge in [0.2, 0.25) is 11.8 Å². The van der Waals surface area contributed by atoms with Crippen LogP contribution < -0.4 is 9.47 Å². The molecule has 0 saturated carbocycles. The molecule has 2 aromatic rings. The van der Waals surface area contributed by atoms with E-state index in [0.29, 0.717) is 43.2 Å². The van der Waals surface area contributed by atoms with Crippen molar-refractivity contribution in [3.05, 3.63) is 47.9 Å². The number of benzene rings is 1. The molecule has 1 atom stereocenters. The summed E-state index contributed by atoms with van der Waals surface area (Å²) in [7, 11) is 3.21. The Morgan fingerprint density at radius 3 is 2.19 bits per heavy atom. The molecule has 0 unspecified atom stereocenters. The molecule has 1 aromatic heterocycles. The van der Waals surface area contributed by atoms with Crippen molar-refractivity contribution in [3.63, 3.8) is 0 Å². The number of rotatable bonds is 12. The molecule has 206 valence electrons. The lowest BCUT2D eigenvalue weighted by molar-refractivity contribution is -0.145. The number of methoxy groups -OCH3 is 2. The number of carbonyl (C=O) groups excluding carboxylic acids is 2. The molecular formula is C30H46N2O5. The number of carbonyl (C=O) groups is 2. The zero-order valence-corrected chi connectivity index (χ0v) is 24.2. The lowest BCUT2D eigenvalue weighted by Crippen LogP contribution is -2.51.